The third-order valence-electron chi connectivity index (χ3n) is 1.72. The molecule has 0 unspecified atom stereocenters. The molecule has 0 saturated heterocycles. The number of anilines is 1. The second kappa shape index (κ2) is 5.67. The summed E-state index contributed by atoms with van der Waals surface area (Å²) in [6.07, 6.45) is 0. The first-order valence-corrected chi connectivity index (χ1v) is 6.09. The summed E-state index contributed by atoms with van der Waals surface area (Å²) in [5.74, 6) is 0.750. The molecule has 0 saturated carbocycles. The molecule has 0 aliphatic carbocycles. The first-order valence-electron chi connectivity index (χ1n) is 4.10. The average molecular weight is 354 g/mol. The third kappa shape index (κ3) is 3.32. The van der Waals surface area contributed by atoms with Crippen LogP contribution in [0.5, 0.6) is 5.75 Å². The zero-order valence-electron chi connectivity index (χ0n) is 8.23. The summed E-state index contributed by atoms with van der Waals surface area (Å²) in [7, 11) is 3.38. The van der Waals surface area contributed by atoms with E-state index in [1.165, 1.54) is 0 Å². The Labute approximate surface area is 111 Å². The summed E-state index contributed by atoms with van der Waals surface area (Å²) < 4.78 is 6.98. The van der Waals surface area contributed by atoms with Crippen molar-refractivity contribution in [3.05, 3.63) is 21.1 Å². The lowest BCUT2D eigenvalue weighted by atomic mass is 10.3. The predicted octanol–water partition coefficient (Wildman–Crippen LogP) is 3.14. The van der Waals surface area contributed by atoms with Gasteiger partial charge < -0.3 is 15.4 Å². The van der Waals surface area contributed by atoms with Gasteiger partial charge in [0.15, 0.2) is 5.11 Å². The molecule has 0 aromatic heterocycles. The highest BCUT2D eigenvalue weighted by atomic mass is 79.9. The van der Waals surface area contributed by atoms with Crippen LogP contribution in [0.3, 0.4) is 0 Å². The Morgan fingerprint density at radius 1 is 1.33 bits per heavy atom. The second-order valence-corrected chi connectivity index (χ2v) is 4.79. The van der Waals surface area contributed by atoms with Crippen LogP contribution in [0.4, 0.5) is 5.69 Å². The normalized spacial score (nSPS) is 9.60. The van der Waals surface area contributed by atoms with E-state index < -0.39 is 0 Å². The van der Waals surface area contributed by atoms with E-state index in [1.807, 2.05) is 12.1 Å². The van der Waals surface area contributed by atoms with Crippen molar-refractivity contribution in [3.8, 4) is 5.75 Å². The van der Waals surface area contributed by atoms with Gasteiger partial charge in [-0.15, -0.1) is 0 Å². The molecule has 0 spiro atoms. The summed E-state index contributed by atoms with van der Waals surface area (Å²) in [5.41, 5.74) is 0.856. The molecule has 0 fully saturated rings. The van der Waals surface area contributed by atoms with Crippen LogP contribution in [0.2, 0.25) is 0 Å². The number of benzene rings is 1. The van der Waals surface area contributed by atoms with Gasteiger partial charge in [-0.3, -0.25) is 0 Å². The third-order valence-corrected chi connectivity index (χ3v) is 3.30. The van der Waals surface area contributed by atoms with E-state index in [2.05, 4.69) is 42.5 Å². The summed E-state index contributed by atoms with van der Waals surface area (Å²) in [6.45, 7) is 0. The minimum absolute atomic E-state index is 0.556. The summed E-state index contributed by atoms with van der Waals surface area (Å²) >= 11 is 11.8. The van der Waals surface area contributed by atoms with Gasteiger partial charge >= 0.3 is 0 Å². The van der Waals surface area contributed by atoms with Crippen molar-refractivity contribution >= 4 is 54.9 Å². The van der Waals surface area contributed by atoms with Gasteiger partial charge in [-0.1, -0.05) is 0 Å². The van der Waals surface area contributed by atoms with Crippen molar-refractivity contribution < 1.29 is 4.74 Å². The average Bonchev–Trinajstić information content (AvgIpc) is 2.21. The van der Waals surface area contributed by atoms with E-state index in [0.29, 0.717) is 5.11 Å². The Morgan fingerprint density at radius 2 is 2.00 bits per heavy atom. The fourth-order valence-corrected chi connectivity index (χ4v) is 2.33. The van der Waals surface area contributed by atoms with Crippen LogP contribution < -0.4 is 15.4 Å². The largest absolute Gasteiger partial charge is 0.495 e. The maximum atomic E-state index is 5.18. The first-order chi connectivity index (χ1) is 7.08. The van der Waals surface area contributed by atoms with Gasteiger partial charge in [0.2, 0.25) is 0 Å². The van der Waals surface area contributed by atoms with Gasteiger partial charge in [0.1, 0.15) is 5.75 Å². The number of rotatable bonds is 2. The molecule has 2 N–H and O–H groups in total. The van der Waals surface area contributed by atoms with Crippen LogP contribution in [0.25, 0.3) is 0 Å². The lowest BCUT2D eigenvalue weighted by Gasteiger charge is -2.12. The Kier molecular flexibility index (Phi) is 4.82. The van der Waals surface area contributed by atoms with Crippen LogP contribution >= 0.6 is 44.1 Å². The fraction of sp³-hybridized carbons (Fsp3) is 0.222. The number of hydrogen-bond acceptors (Lipinski definition) is 2. The van der Waals surface area contributed by atoms with Crippen LogP contribution in [0.15, 0.2) is 21.1 Å². The molecule has 15 heavy (non-hydrogen) atoms. The van der Waals surface area contributed by atoms with E-state index in [-0.39, 0.29) is 0 Å². The lowest BCUT2D eigenvalue weighted by Crippen LogP contribution is -2.24. The van der Waals surface area contributed by atoms with Crippen LogP contribution in [0, 0.1) is 0 Å². The van der Waals surface area contributed by atoms with E-state index in [0.717, 1.165) is 20.4 Å². The highest BCUT2D eigenvalue weighted by molar-refractivity contribution is 9.11. The highest BCUT2D eigenvalue weighted by Crippen LogP contribution is 2.34. The fourth-order valence-electron chi connectivity index (χ4n) is 0.966. The Bertz CT molecular complexity index is 385. The molecule has 0 radical (unpaired) electrons. The summed E-state index contributed by atoms with van der Waals surface area (Å²) in [6, 6.07) is 3.76. The molecule has 0 amide bonds. The van der Waals surface area contributed by atoms with Crippen molar-refractivity contribution in [2.24, 2.45) is 0 Å². The van der Waals surface area contributed by atoms with Gasteiger partial charge in [-0.05, 0) is 50.1 Å². The van der Waals surface area contributed by atoms with E-state index in [1.54, 1.807) is 14.2 Å². The summed E-state index contributed by atoms with van der Waals surface area (Å²) in [5, 5.41) is 6.43. The molecule has 0 bridgehead atoms. The molecule has 0 heterocycles. The highest BCUT2D eigenvalue weighted by Gasteiger charge is 2.07. The minimum atomic E-state index is 0.556. The molecule has 6 heteroatoms. The van der Waals surface area contributed by atoms with Crippen LogP contribution in [-0.2, 0) is 0 Å². The maximum Gasteiger partial charge on any atom is 0.170 e. The number of thiocarbonyl (C=S) groups is 1. The Hall–Kier alpha value is -0.330. The first kappa shape index (κ1) is 12.7. The standard InChI is InChI=1S/C9H10Br2N2OS/c1-12-9(15)13-7-4-8(14-2)6(11)3-5(7)10/h3-4H,1-2H3,(H2,12,13,15). The van der Waals surface area contributed by atoms with Crippen molar-refractivity contribution in [2.45, 2.75) is 0 Å². The number of ether oxygens (including phenoxy) is 1. The van der Waals surface area contributed by atoms with Crippen molar-refractivity contribution in [3.63, 3.8) is 0 Å². The van der Waals surface area contributed by atoms with Crippen LogP contribution in [0.1, 0.15) is 0 Å². The molecule has 0 aliphatic rings. The molecular weight excluding hydrogens is 344 g/mol. The van der Waals surface area contributed by atoms with E-state index in [9.17, 15) is 0 Å². The quantitative estimate of drug-likeness (QED) is 0.800. The molecule has 3 nitrogen and oxygen atoms in total. The van der Waals surface area contributed by atoms with Gasteiger partial charge in [0, 0.05) is 17.6 Å². The monoisotopic (exact) mass is 352 g/mol. The molecular formula is C9H10Br2N2OS. The van der Waals surface area contributed by atoms with Crippen molar-refractivity contribution in [2.75, 3.05) is 19.5 Å². The van der Waals surface area contributed by atoms with Gasteiger partial charge in [-0.2, -0.15) is 0 Å². The van der Waals surface area contributed by atoms with Gasteiger partial charge in [0.05, 0.1) is 17.3 Å². The molecule has 82 valence electrons. The maximum absolute atomic E-state index is 5.18. The Balaban J connectivity index is 3.02. The number of halogens is 2. The molecule has 1 rings (SSSR count). The number of nitrogens with one attached hydrogen (secondary N) is 2. The minimum Gasteiger partial charge on any atom is -0.495 e. The number of methoxy groups -OCH3 is 1. The van der Waals surface area contributed by atoms with Crippen molar-refractivity contribution in [1.82, 2.24) is 5.32 Å². The van der Waals surface area contributed by atoms with Crippen molar-refractivity contribution in [1.29, 1.82) is 0 Å². The smallest absolute Gasteiger partial charge is 0.170 e. The van der Waals surface area contributed by atoms with Gasteiger partial charge in [-0.25, -0.2) is 0 Å². The topological polar surface area (TPSA) is 33.3 Å². The molecule has 1 aromatic carbocycles. The molecule has 0 atom stereocenters. The second-order valence-electron chi connectivity index (χ2n) is 2.67. The SMILES string of the molecule is CNC(=S)Nc1cc(OC)c(Br)cc1Br. The van der Waals surface area contributed by atoms with Crippen LogP contribution in [-0.4, -0.2) is 19.3 Å². The lowest BCUT2D eigenvalue weighted by molar-refractivity contribution is 0.412. The van der Waals surface area contributed by atoms with Gasteiger partial charge in [0.25, 0.3) is 0 Å². The van der Waals surface area contributed by atoms with E-state index >= 15 is 0 Å². The molecule has 0 aliphatic heterocycles. The number of hydrogen-bond donors (Lipinski definition) is 2. The summed E-state index contributed by atoms with van der Waals surface area (Å²) in [4.78, 5) is 0. The zero-order chi connectivity index (χ0) is 11.4. The molecule has 1 aromatic rings. The zero-order valence-corrected chi connectivity index (χ0v) is 12.2. The Morgan fingerprint density at radius 3 is 2.53 bits per heavy atom. The van der Waals surface area contributed by atoms with E-state index in [4.69, 9.17) is 17.0 Å². The predicted molar refractivity (Wildman–Crippen MR) is 73.7 cm³/mol.